The van der Waals surface area contributed by atoms with Crippen LogP contribution in [-0.2, 0) is 24.6 Å². The van der Waals surface area contributed by atoms with Crippen molar-refractivity contribution in [1.82, 2.24) is 10.2 Å². The molecule has 0 atom stereocenters. The molecule has 0 fully saturated rings. The fourth-order valence-electron chi connectivity index (χ4n) is 3.25. The molecule has 2 heterocycles. The van der Waals surface area contributed by atoms with Crippen molar-refractivity contribution < 1.29 is 34.5 Å². The molecule has 15 heteroatoms. The molecule has 0 spiro atoms. The van der Waals surface area contributed by atoms with Crippen LogP contribution in [0, 0.1) is 0 Å². The van der Waals surface area contributed by atoms with Crippen molar-refractivity contribution in [3.05, 3.63) is 11.6 Å². The second kappa shape index (κ2) is 10.1. The van der Waals surface area contributed by atoms with E-state index in [2.05, 4.69) is 31.1 Å². The smallest absolute Gasteiger partial charge is 0.313 e. The molecule has 1 aliphatic rings. The second-order valence-corrected chi connectivity index (χ2v) is 10.0. The number of carbonyl (C=O) groups is 4. The Kier molecular flexibility index (Phi) is 7.46. The summed E-state index contributed by atoms with van der Waals surface area (Å²) in [6, 6.07) is 1.30. The molecular weight excluding hydrogens is 488 g/mol. The summed E-state index contributed by atoms with van der Waals surface area (Å²) in [6.45, 7) is 3.50. The zero-order valence-electron chi connectivity index (χ0n) is 18.0. The predicted molar refractivity (Wildman–Crippen MR) is 122 cm³/mol. The van der Waals surface area contributed by atoms with E-state index in [0.717, 1.165) is 23.1 Å². The average Bonchev–Trinajstić information content (AvgIpc) is 3.18. The number of nitrogens with zero attached hydrogens (tertiary/aromatic N) is 4. The van der Waals surface area contributed by atoms with Crippen LogP contribution in [0.15, 0.2) is 20.6 Å². The van der Waals surface area contributed by atoms with Crippen LogP contribution in [0.5, 0.6) is 5.75 Å². The molecule has 180 valence electrons. The van der Waals surface area contributed by atoms with E-state index in [0.29, 0.717) is 9.90 Å². The molecule has 1 aliphatic heterocycles. The number of phenols is 1. The highest BCUT2D eigenvalue weighted by Gasteiger charge is 2.37. The van der Waals surface area contributed by atoms with Crippen molar-refractivity contribution >= 4 is 69.0 Å². The summed E-state index contributed by atoms with van der Waals surface area (Å²) in [5.41, 5.74) is -0.139. The van der Waals surface area contributed by atoms with Crippen molar-refractivity contribution in [1.29, 1.82) is 0 Å². The van der Waals surface area contributed by atoms with Crippen molar-refractivity contribution in [3.63, 3.8) is 0 Å². The van der Waals surface area contributed by atoms with Crippen LogP contribution < -0.4 is 10.6 Å². The lowest BCUT2D eigenvalue weighted by Gasteiger charge is -2.34. The monoisotopic (exact) mass is 508 g/mol. The van der Waals surface area contributed by atoms with Crippen molar-refractivity contribution in [2.45, 2.75) is 42.9 Å². The average molecular weight is 509 g/mol. The molecule has 0 aliphatic carbocycles. The number of fused-ring (bicyclic) bond motifs is 1. The van der Waals surface area contributed by atoms with Gasteiger partial charge in [0.05, 0.1) is 23.5 Å². The molecule has 3 rings (SSSR count). The Morgan fingerprint density at radius 1 is 1.21 bits per heavy atom. The lowest BCUT2D eigenvalue weighted by molar-refractivity contribution is -0.138. The Morgan fingerprint density at radius 2 is 1.94 bits per heavy atom. The van der Waals surface area contributed by atoms with E-state index in [4.69, 9.17) is 10.2 Å². The molecular formula is C19H20N6O7S2. The molecule has 1 aromatic carbocycles. The van der Waals surface area contributed by atoms with Gasteiger partial charge in [-0.3, -0.25) is 19.2 Å². The number of rotatable bonds is 9. The van der Waals surface area contributed by atoms with E-state index in [1.54, 1.807) is 13.8 Å². The number of hydrogen-bond acceptors (Lipinski definition) is 11. The van der Waals surface area contributed by atoms with Gasteiger partial charge in [0.2, 0.25) is 11.8 Å². The third-order valence-electron chi connectivity index (χ3n) is 4.62. The second-order valence-electron chi connectivity index (χ2n) is 7.83. The third-order valence-corrected chi connectivity index (χ3v) is 6.55. The van der Waals surface area contributed by atoms with E-state index in [-0.39, 0.29) is 58.9 Å². The number of hydrogen-bond donors (Lipinski definition) is 5. The zero-order valence-corrected chi connectivity index (χ0v) is 19.6. The summed E-state index contributed by atoms with van der Waals surface area (Å²) in [4.78, 5) is 45.9. The van der Waals surface area contributed by atoms with Gasteiger partial charge in [0.15, 0.2) is 4.34 Å². The number of anilines is 2. The minimum atomic E-state index is -1.14. The summed E-state index contributed by atoms with van der Waals surface area (Å²) in [6.07, 6.45) is -0.615. The summed E-state index contributed by atoms with van der Waals surface area (Å²) in [5, 5.41) is 49.5. The molecule has 0 radical (unpaired) electrons. The first kappa shape index (κ1) is 25.0. The molecule has 2 amide bonds. The zero-order chi connectivity index (χ0) is 25.0. The molecule has 2 aromatic rings. The number of aromatic hydroxyl groups is 1. The normalized spacial score (nSPS) is 14.5. The topological polar surface area (TPSA) is 204 Å². The van der Waals surface area contributed by atoms with Gasteiger partial charge in [-0.2, -0.15) is 0 Å². The Hall–Kier alpha value is -3.59. The van der Waals surface area contributed by atoms with Gasteiger partial charge in [0.1, 0.15) is 11.4 Å². The lowest BCUT2D eigenvalue weighted by Crippen LogP contribution is -2.33. The van der Waals surface area contributed by atoms with Crippen molar-refractivity contribution in [2.75, 3.05) is 16.4 Å². The number of carboxylic acid groups (broad SMARTS) is 2. The first-order chi connectivity index (χ1) is 16.0. The van der Waals surface area contributed by atoms with Gasteiger partial charge in [-0.05, 0) is 6.07 Å². The molecule has 13 nitrogen and oxygen atoms in total. The molecule has 0 saturated carbocycles. The summed E-state index contributed by atoms with van der Waals surface area (Å²) >= 11 is 1.99. The van der Waals surface area contributed by atoms with Crippen LogP contribution in [0.4, 0.5) is 22.2 Å². The Labute approximate surface area is 200 Å². The van der Waals surface area contributed by atoms with Crippen LogP contribution in [0.3, 0.4) is 0 Å². The van der Waals surface area contributed by atoms with Crippen LogP contribution in [0.25, 0.3) is 0 Å². The largest absolute Gasteiger partial charge is 0.505 e. The van der Waals surface area contributed by atoms with Crippen LogP contribution >= 0.6 is 23.1 Å². The first-order valence-corrected chi connectivity index (χ1v) is 11.6. The SMILES string of the molecule is CC1(C)CC(=O)Nc2c(N=Nc3nnc(SCC(=O)O)s3)cc(NC(=O)CCC(=O)O)c(O)c21. The first-order valence-electron chi connectivity index (χ1n) is 9.78. The summed E-state index contributed by atoms with van der Waals surface area (Å²) in [5.74, 6) is -3.52. The van der Waals surface area contributed by atoms with E-state index in [1.165, 1.54) is 6.07 Å². The van der Waals surface area contributed by atoms with Crippen molar-refractivity contribution in [3.8, 4) is 5.75 Å². The molecule has 0 bridgehead atoms. The number of azo groups is 1. The predicted octanol–water partition coefficient (Wildman–Crippen LogP) is 3.26. The lowest BCUT2D eigenvalue weighted by atomic mass is 9.76. The van der Waals surface area contributed by atoms with Gasteiger partial charge in [0, 0.05) is 23.8 Å². The van der Waals surface area contributed by atoms with Gasteiger partial charge in [-0.15, -0.1) is 20.4 Å². The van der Waals surface area contributed by atoms with E-state index in [9.17, 15) is 24.3 Å². The maximum Gasteiger partial charge on any atom is 0.313 e. The number of carbonyl (C=O) groups excluding carboxylic acids is 2. The van der Waals surface area contributed by atoms with E-state index < -0.39 is 23.3 Å². The minimum Gasteiger partial charge on any atom is -0.505 e. The van der Waals surface area contributed by atoms with Crippen molar-refractivity contribution in [2.24, 2.45) is 10.2 Å². The summed E-state index contributed by atoms with van der Waals surface area (Å²) in [7, 11) is 0. The van der Waals surface area contributed by atoms with Gasteiger partial charge in [0.25, 0.3) is 5.13 Å². The number of carboxylic acids is 2. The van der Waals surface area contributed by atoms with Gasteiger partial charge in [-0.25, -0.2) is 0 Å². The number of nitrogens with one attached hydrogen (secondary N) is 2. The maximum atomic E-state index is 12.3. The number of phenolic OH excluding ortho intramolecular Hbond substituents is 1. The molecule has 0 saturated heterocycles. The standard InChI is InChI=1S/C19H20N6O7S2/c1-19(2)6-11(27)21-15-8(22-23-17-24-25-18(34-17)33-7-13(30)31)5-9(16(32)14(15)19)20-10(26)3-4-12(28)29/h5,32H,3-4,6-7H2,1-2H3,(H,20,26)(H,21,27)(H,28,29)(H,30,31). The van der Waals surface area contributed by atoms with E-state index in [1.807, 2.05) is 0 Å². The molecule has 1 aromatic heterocycles. The fourth-order valence-corrected chi connectivity index (χ4v) is 4.63. The van der Waals surface area contributed by atoms with Crippen LogP contribution in [0.1, 0.15) is 38.7 Å². The highest BCUT2D eigenvalue weighted by molar-refractivity contribution is 8.01. The number of benzene rings is 1. The quantitative estimate of drug-likeness (QED) is 0.190. The Bertz CT molecular complexity index is 1190. The molecule has 5 N–H and O–H groups in total. The highest BCUT2D eigenvalue weighted by atomic mass is 32.2. The minimum absolute atomic E-state index is 0.0118. The Morgan fingerprint density at radius 3 is 2.62 bits per heavy atom. The van der Waals surface area contributed by atoms with E-state index >= 15 is 0 Å². The number of aliphatic carboxylic acids is 2. The third kappa shape index (κ3) is 6.05. The highest BCUT2D eigenvalue weighted by Crippen LogP contribution is 2.50. The van der Waals surface area contributed by atoms with Gasteiger partial charge in [-0.1, -0.05) is 36.9 Å². The van der Waals surface area contributed by atoms with Crippen LogP contribution in [0.2, 0.25) is 0 Å². The van der Waals surface area contributed by atoms with Crippen LogP contribution in [-0.4, -0.2) is 55.0 Å². The fraction of sp³-hybridized carbons (Fsp3) is 0.368. The maximum absolute atomic E-state index is 12.3. The number of aromatic nitrogens is 2. The number of thioether (sulfide) groups is 1. The Balaban J connectivity index is 1.97. The van der Waals surface area contributed by atoms with Gasteiger partial charge < -0.3 is 26.0 Å². The molecule has 34 heavy (non-hydrogen) atoms. The molecule has 0 unspecified atom stereocenters. The number of amides is 2. The van der Waals surface area contributed by atoms with Gasteiger partial charge >= 0.3 is 11.9 Å². The summed E-state index contributed by atoms with van der Waals surface area (Å²) < 4.78 is 0.380.